The van der Waals surface area contributed by atoms with E-state index >= 15 is 0 Å². The minimum Gasteiger partial charge on any atom is -0.507 e. The van der Waals surface area contributed by atoms with E-state index in [9.17, 15) is 5.11 Å². The number of hydrogen-bond acceptors (Lipinski definition) is 4. The van der Waals surface area contributed by atoms with Crippen LogP contribution in [0.1, 0.15) is 11.1 Å². The lowest BCUT2D eigenvalue weighted by atomic mass is 10.2. The summed E-state index contributed by atoms with van der Waals surface area (Å²) in [5.74, 6) is 0.787. The maximum atomic E-state index is 9.67. The zero-order valence-corrected chi connectivity index (χ0v) is 12.4. The Balaban J connectivity index is 2.08. The first-order valence-corrected chi connectivity index (χ1v) is 6.67. The molecule has 4 nitrogen and oxygen atoms in total. The lowest BCUT2D eigenvalue weighted by Crippen LogP contribution is -1.87. The van der Waals surface area contributed by atoms with Gasteiger partial charge in [0, 0.05) is 10.0 Å². The Kier molecular flexibility index (Phi) is 4.90. The molecule has 0 fully saturated rings. The van der Waals surface area contributed by atoms with Gasteiger partial charge in [0.1, 0.15) is 11.5 Å². The van der Waals surface area contributed by atoms with Crippen LogP contribution in [0.2, 0.25) is 0 Å². The molecule has 0 aliphatic rings. The van der Waals surface area contributed by atoms with Gasteiger partial charge in [0.25, 0.3) is 0 Å². The molecule has 0 spiro atoms. The molecule has 2 aromatic carbocycles. The molecule has 0 heterocycles. The summed E-state index contributed by atoms with van der Waals surface area (Å²) in [5.41, 5.74) is 1.50. The number of ether oxygens (including phenoxy) is 1. The maximum absolute atomic E-state index is 9.67. The van der Waals surface area contributed by atoms with Gasteiger partial charge in [0.15, 0.2) is 0 Å². The fourth-order valence-electron chi connectivity index (χ4n) is 1.51. The van der Waals surface area contributed by atoms with Gasteiger partial charge in [-0.05, 0) is 35.9 Å². The molecule has 0 saturated carbocycles. The summed E-state index contributed by atoms with van der Waals surface area (Å²) in [7, 11) is 1.57. The third-order valence-corrected chi connectivity index (χ3v) is 3.10. The van der Waals surface area contributed by atoms with E-state index in [0.29, 0.717) is 11.3 Å². The van der Waals surface area contributed by atoms with Crippen LogP contribution in [0.15, 0.2) is 57.1 Å². The van der Waals surface area contributed by atoms with E-state index in [4.69, 9.17) is 4.74 Å². The number of methoxy groups -OCH3 is 1. The number of nitrogens with zero attached hydrogens (tertiary/aromatic N) is 2. The summed E-state index contributed by atoms with van der Waals surface area (Å²) in [5, 5.41) is 17.5. The van der Waals surface area contributed by atoms with E-state index in [0.717, 1.165) is 10.0 Å². The predicted molar refractivity (Wildman–Crippen MR) is 84.0 cm³/mol. The van der Waals surface area contributed by atoms with Gasteiger partial charge >= 0.3 is 0 Å². The molecule has 20 heavy (non-hydrogen) atoms. The zero-order valence-electron chi connectivity index (χ0n) is 10.8. The van der Waals surface area contributed by atoms with Crippen molar-refractivity contribution in [1.29, 1.82) is 0 Å². The Morgan fingerprint density at radius 1 is 1.05 bits per heavy atom. The highest BCUT2D eigenvalue weighted by Crippen LogP contribution is 2.21. The van der Waals surface area contributed by atoms with E-state index in [2.05, 4.69) is 26.1 Å². The molecule has 0 saturated heterocycles. The van der Waals surface area contributed by atoms with Gasteiger partial charge in [-0.15, -0.1) is 0 Å². The Morgan fingerprint density at radius 3 is 2.45 bits per heavy atom. The van der Waals surface area contributed by atoms with Gasteiger partial charge in [0.05, 0.1) is 19.5 Å². The fraction of sp³-hybridized carbons (Fsp3) is 0.0667. The highest BCUT2D eigenvalue weighted by Gasteiger charge is 1.99. The summed E-state index contributed by atoms with van der Waals surface area (Å²) in [6.45, 7) is 0. The molecular weight excluding hydrogens is 320 g/mol. The second kappa shape index (κ2) is 6.86. The van der Waals surface area contributed by atoms with Gasteiger partial charge in [0.2, 0.25) is 0 Å². The summed E-state index contributed by atoms with van der Waals surface area (Å²) >= 11 is 3.37. The van der Waals surface area contributed by atoms with E-state index in [-0.39, 0.29) is 5.75 Å². The normalized spacial score (nSPS) is 11.3. The molecule has 0 aliphatic heterocycles. The number of phenolic OH excluding ortho intramolecular Hbond substituents is 1. The van der Waals surface area contributed by atoms with Crippen LogP contribution in [-0.4, -0.2) is 24.6 Å². The molecule has 0 unspecified atom stereocenters. The molecule has 1 N–H and O–H groups in total. The summed E-state index contributed by atoms with van der Waals surface area (Å²) in [4.78, 5) is 0. The zero-order chi connectivity index (χ0) is 14.4. The van der Waals surface area contributed by atoms with E-state index < -0.39 is 0 Å². The second-order valence-corrected chi connectivity index (χ2v) is 4.88. The van der Waals surface area contributed by atoms with E-state index in [1.807, 2.05) is 24.3 Å². The van der Waals surface area contributed by atoms with Crippen LogP contribution in [0.3, 0.4) is 0 Å². The molecule has 2 aromatic rings. The Bertz CT molecular complexity index is 637. The minimum atomic E-state index is 0.133. The average molecular weight is 333 g/mol. The number of rotatable bonds is 4. The van der Waals surface area contributed by atoms with Crippen molar-refractivity contribution in [2.75, 3.05) is 7.11 Å². The standard InChI is InChI=1S/C15H13BrN2O2/c1-20-14-6-7-15(19)12(8-14)10-18-17-9-11-2-4-13(16)5-3-11/h2-10,19H,1H3/b17-9?,18-10+. The number of aromatic hydroxyl groups is 1. The van der Waals surface area contributed by atoms with Crippen molar-refractivity contribution in [1.82, 2.24) is 0 Å². The number of hydrogen-bond donors (Lipinski definition) is 1. The van der Waals surface area contributed by atoms with Crippen molar-refractivity contribution in [3.05, 3.63) is 58.1 Å². The van der Waals surface area contributed by atoms with Crippen molar-refractivity contribution in [2.45, 2.75) is 0 Å². The molecule has 0 atom stereocenters. The van der Waals surface area contributed by atoms with Crippen LogP contribution in [0.4, 0.5) is 0 Å². The molecule has 0 bridgehead atoms. The minimum absolute atomic E-state index is 0.133. The molecule has 0 aromatic heterocycles. The average Bonchev–Trinajstić information content (AvgIpc) is 2.47. The Labute approximate surface area is 125 Å². The van der Waals surface area contributed by atoms with Gasteiger partial charge in [-0.25, -0.2) is 0 Å². The molecule has 2 rings (SSSR count). The van der Waals surface area contributed by atoms with E-state index in [1.165, 1.54) is 6.21 Å². The van der Waals surface area contributed by atoms with Gasteiger partial charge < -0.3 is 9.84 Å². The van der Waals surface area contributed by atoms with Gasteiger partial charge in [-0.1, -0.05) is 28.1 Å². The number of phenols is 1. The van der Waals surface area contributed by atoms with Crippen molar-refractivity contribution < 1.29 is 9.84 Å². The van der Waals surface area contributed by atoms with Crippen LogP contribution in [0, 0.1) is 0 Å². The Hall–Kier alpha value is -2.14. The third-order valence-electron chi connectivity index (χ3n) is 2.57. The van der Waals surface area contributed by atoms with Crippen LogP contribution < -0.4 is 4.74 Å². The second-order valence-electron chi connectivity index (χ2n) is 3.97. The molecule has 102 valence electrons. The maximum Gasteiger partial charge on any atom is 0.124 e. The largest absolute Gasteiger partial charge is 0.507 e. The Morgan fingerprint density at radius 2 is 1.75 bits per heavy atom. The van der Waals surface area contributed by atoms with Crippen LogP contribution >= 0.6 is 15.9 Å². The molecular formula is C15H13BrN2O2. The van der Waals surface area contributed by atoms with Crippen molar-refractivity contribution in [2.24, 2.45) is 10.2 Å². The van der Waals surface area contributed by atoms with Crippen molar-refractivity contribution >= 4 is 28.4 Å². The highest BCUT2D eigenvalue weighted by molar-refractivity contribution is 9.10. The monoisotopic (exact) mass is 332 g/mol. The fourth-order valence-corrected chi connectivity index (χ4v) is 1.77. The van der Waals surface area contributed by atoms with Crippen molar-refractivity contribution in [3.63, 3.8) is 0 Å². The first-order valence-electron chi connectivity index (χ1n) is 5.88. The van der Waals surface area contributed by atoms with E-state index in [1.54, 1.807) is 31.5 Å². The third kappa shape index (κ3) is 3.93. The summed E-state index contributed by atoms with van der Waals surface area (Å²) in [6.07, 6.45) is 3.12. The molecule has 0 amide bonds. The van der Waals surface area contributed by atoms with Crippen molar-refractivity contribution in [3.8, 4) is 11.5 Å². The SMILES string of the molecule is COc1ccc(O)c(/C=N/N=Cc2ccc(Br)cc2)c1. The van der Waals surface area contributed by atoms with Crippen LogP contribution in [-0.2, 0) is 0 Å². The quantitative estimate of drug-likeness (QED) is 0.686. The van der Waals surface area contributed by atoms with Crippen LogP contribution in [0.25, 0.3) is 0 Å². The molecule has 0 radical (unpaired) electrons. The predicted octanol–water partition coefficient (Wildman–Crippen LogP) is 3.62. The highest BCUT2D eigenvalue weighted by atomic mass is 79.9. The first kappa shape index (κ1) is 14.3. The lowest BCUT2D eigenvalue weighted by Gasteiger charge is -2.01. The van der Waals surface area contributed by atoms with Crippen LogP contribution in [0.5, 0.6) is 11.5 Å². The molecule has 5 heteroatoms. The first-order chi connectivity index (χ1) is 9.69. The summed E-state index contributed by atoms with van der Waals surface area (Å²) < 4.78 is 6.09. The van der Waals surface area contributed by atoms with Gasteiger partial charge in [-0.2, -0.15) is 10.2 Å². The topological polar surface area (TPSA) is 54.2 Å². The molecule has 0 aliphatic carbocycles. The van der Waals surface area contributed by atoms with Gasteiger partial charge in [-0.3, -0.25) is 0 Å². The number of halogens is 1. The number of benzene rings is 2. The smallest absolute Gasteiger partial charge is 0.124 e. The lowest BCUT2D eigenvalue weighted by molar-refractivity contribution is 0.412. The summed E-state index contributed by atoms with van der Waals surface area (Å²) in [6, 6.07) is 12.6.